The maximum absolute atomic E-state index is 13.5. The Hall–Kier alpha value is -6.87. The maximum Gasteiger partial charge on any atom is 0.326 e. The number of rotatable bonds is 28. The Labute approximate surface area is 389 Å². The summed E-state index contributed by atoms with van der Waals surface area (Å²) in [5, 5.41) is 55.7. The predicted octanol–water partition coefficient (Wildman–Crippen LogP) is -5.68. The first kappa shape index (κ1) is 56.3. The van der Waals surface area contributed by atoms with Gasteiger partial charge in [-0.2, -0.15) is 12.6 Å². The Balaban J connectivity index is 1.98. The number of carbonyl (C=O) groups is 12. The van der Waals surface area contributed by atoms with Gasteiger partial charge in [-0.1, -0.05) is 44.2 Å². The van der Waals surface area contributed by atoms with Crippen molar-refractivity contribution in [2.45, 2.75) is 94.7 Å². The molecule has 2 rings (SSSR count). The summed E-state index contributed by atoms with van der Waals surface area (Å²) < 4.78 is 0. The molecule has 1 saturated heterocycles. The minimum atomic E-state index is -1.88. The molecule has 9 amide bonds. The molecule has 67 heavy (non-hydrogen) atoms. The Kier molecular flexibility index (Phi) is 23.7. The second-order valence-corrected chi connectivity index (χ2v) is 15.9. The average molecular weight is 967 g/mol. The van der Waals surface area contributed by atoms with Crippen molar-refractivity contribution in [2.75, 3.05) is 38.5 Å². The van der Waals surface area contributed by atoms with Gasteiger partial charge in [-0.25, -0.2) is 4.79 Å². The van der Waals surface area contributed by atoms with E-state index in [9.17, 15) is 72.9 Å². The van der Waals surface area contributed by atoms with Crippen molar-refractivity contribution in [1.82, 2.24) is 47.4 Å². The quantitative estimate of drug-likeness (QED) is 0.0348. The lowest BCUT2D eigenvalue weighted by Gasteiger charge is -2.27. The van der Waals surface area contributed by atoms with E-state index >= 15 is 0 Å². The number of hydrogen-bond donors (Lipinski definition) is 14. The van der Waals surface area contributed by atoms with Gasteiger partial charge < -0.3 is 73.6 Å². The first-order valence-corrected chi connectivity index (χ1v) is 21.5. The number of carboxylic acid groups (broad SMARTS) is 3. The number of nitrogens with one attached hydrogen (secondary N) is 8. The summed E-state index contributed by atoms with van der Waals surface area (Å²) in [5.41, 5.74) is 6.24. The summed E-state index contributed by atoms with van der Waals surface area (Å²) in [6.45, 7) is -0.0755. The first-order valence-electron chi connectivity index (χ1n) is 20.9. The molecule has 27 heteroatoms. The Bertz CT molecular complexity index is 1980. The van der Waals surface area contributed by atoms with Crippen LogP contribution in [0.3, 0.4) is 0 Å². The second kappa shape index (κ2) is 28.2. The molecule has 14 N–H and O–H groups in total. The molecule has 0 unspecified atom stereocenters. The van der Waals surface area contributed by atoms with Crippen LogP contribution in [-0.2, 0) is 64.0 Å². The van der Waals surface area contributed by atoms with E-state index in [1.54, 1.807) is 44.2 Å². The molecule has 0 saturated carbocycles. The zero-order valence-electron chi connectivity index (χ0n) is 36.7. The number of amides is 9. The monoisotopic (exact) mass is 966 g/mol. The molecule has 0 aromatic heterocycles. The maximum atomic E-state index is 13.5. The summed E-state index contributed by atoms with van der Waals surface area (Å²) in [5.74, 6) is -13.2. The molecule has 1 aliphatic rings. The Morgan fingerprint density at radius 2 is 1.30 bits per heavy atom. The van der Waals surface area contributed by atoms with Gasteiger partial charge in [0.15, 0.2) is 0 Å². The van der Waals surface area contributed by atoms with Crippen molar-refractivity contribution in [1.29, 1.82) is 0 Å². The Morgan fingerprint density at radius 1 is 0.701 bits per heavy atom. The van der Waals surface area contributed by atoms with Crippen molar-refractivity contribution < 1.29 is 78.0 Å². The van der Waals surface area contributed by atoms with Crippen LogP contribution in [-0.4, -0.2) is 177 Å². The number of nitrogens with two attached hydrogens (primary N) is 1. The van der Waals surface area contributed by atoms with Gasteiger partial charge in [0, 0.05) is 25.1 Å². The van der Waals surface area contributed by atoms with Crippen LogP contribution in [0.1, 0.15) is 51.5 Å². The molecule has 0 aliphatic carbocycles. The van der Waals surface area contributed by atoms with Crippen LogP contribution in [0.2, 0.25) is 0 Å². The van der Waals surface area contributed by atoms with E-state index in [0.717, 1.165) is 0 Å². The van der Waals surface area contributed by atoms with Crippen molar-refractivity contribution >= 4 is 83.7 Å². The summed E-state index contributed by atoms with van der Waals surface area (Å²) in [6.07, 6.45) is -1.41. The standard InChI is InChI=1S/C40H58N10O16S/c1-20(2)33(40(65)66)49-38(63)24(13-21-7-4-3-5-8-21)47-39(64)27-9-6-12-50(27)30(54)17-42-28(52)15-43-36(61)26(18-51)48-37(62)25(14-32(57)58)45-29(53)16-44-35(60)23(10-11-31(55)56)46-34(59)22(41)19-67/h3-5,7-8,20,22-27,33,51,67H,6,9-19,41H2,1-2H3,(H,42,52)(H,43,61)(H,44,60)(H,45,53)(H,46,59)(H,47,64)(H,48,62)(H,49,63)(H,55,56)(H,57,58)(H,65,66)/t22-,23-,24-,25-,26-,27-,33-/m0/s1. The van der Waals surface area contributed by atoms with E-state index in [1.165, 1.54) is 4.90 Å². The highest BCUT2D eigenvalue weighted by molar-refractivity contribution is 7.80. The molecular formula is C40H58N10O16S. The van der Waals surface area contributed by atoms with Gasteiger partial charge in [0.05, 0.1) is 38.7 Å². The molecule has 1 fully saturated rings. The number of hydrogen-bond acceptors (Lipinski definition) is 15. The minimum absolute atomic E-state index is 0.00504. The number of likely N-dealkylation sites (tertiary alicyclic amines) is 1. The zero-order valence-corrected chi connectivity index (χ0v) is 37.5. The van der Waals surface area contributed by atoms with E-state index in [0.29, 0.717) is 12.0 Å². The van der Waals surface area contributed by atoms with E-state index in [2.05, 4.69) is 44.5 Å². The molecule has 26 nitrogen and oxygen atoms in total. The van der Waals surface area contributed by atoms with Gasteiger partial charge in [0.25, 0.3) is 0 Å². The lowest BCUT2D eigenvalue weighted by molar-refractivity contribution is -0.144. The number of nitrogens with zero attached hydrogens (tertiary/aromatic N) is 1. The van der Waals surface area contributed by atoms with Gasteiger partial charge in [0.2, 0.25) is 53.2 Å². The van der Waals surface area contributed by atoms with Crippen LogP contribution in [0.4, 0.5) is 0 Å². The summed E-state index contributed by atoms with van der Waals surface area (Å²) >= 11 is 3.88. The molecule has 1 aromatic carbocycles. The van der Waals surface area contributed by atoms with E-state index in [1.807, 2.05) is 10.6 Å². The van der Waals surface area contributed by atoms with E-state index < -0.39 is 165 Å². The van der Waals surface area contributed by atoms with Crippen LogP contribution in [0.15, 0.2) is 30.3 Å². The molecule has 370 valence electrons. The number of benzene rings is 1. The van der Waals surface area contributed by atoms with Gasteiger partial charge in [-0.15, -0.1) is 0 Å². The van der Waals surface area contributed by atoms with Crippen molar-refractivity contribution in [2.24, 2.45) is 11.7 Å². The summed E-state index contributed by atoms with van der Waals surface area (Å²) in [4.78, 5) is 152. The number of carbonyl (C=O) groups excluding carboxylic acids is 9. The van der Waals surface area contributed by atoms with Gasteiger partial charge in [-0.05, 0) is 30.7 Å². The average Bonchev–Trinajstić information content (AvgIpc) is 3.78. The van der Waals surface area contributed by atoms with Crippen LogP contribution >= 0.6 is 12.6 Å². The topological polar surface area (TPSA) is 411 Å². The largest absolute Gasteiger partial charge is 0.481 e. The molecule has 0 radical (unpaired) electrons. The summed E-state index contributed by atoms with van der Waals surface area (Å²) in [7, 11) is 0. The molecule has 0 spiro atoms. The van der Waals surface area contributed by atoms with Gasteiger partial charge in [-0.3, -0.25) is 52.7 Å². The third-order valence-corrected chi connectivity index (χ3v) is 10.4. The number of thiol groups is 1. The second-order valence-electron chi connectivity index (χ2n) is 15.5. The normalized spacial score (nSPS) is 15.8. The fourth-order valence-electron chi connectivity index (χ4n) is 6.35. The van der Waals surface area contributed by atoms with Crippen LogP contribution in [0.5, 0.6) is 0 Å². The predicted molar refractivity (Wildman–Crippen MR) is 234 cm³/mol. The lowest BCUT2D eigenvalue weighted by Crippen LogP contribution is -2.57. The van der Waals surface area contributed by atoms with Gasteiger partial charge >= 0.3 is 17.9 Å². The SMILES string of the molecule is CC(C)[C@H](NC(=O)[C@H](Cc1ccccc1)NC(=O)[C@@H]1CCCN1C(=O)CNC(=O)CNC(=O)[C@H](CO)NC(=O)[C@H](CC(=O)O)NC(=O)CNC(=O)[C@H](CCC(=O)O)NC(=O)[C@@H](N)CS)C(=O)O. The third kappa shape index (κ3) is 19.6. The van der Waals surface area contributed by atoms with Crippen LogP contribution in [0, 0.1) is 5.92 Å². The highest BCUT2D eigenvalue weighted by Gasteiger charge is 2.37. The number of aliphatic hydroxyl groups is 1. The summed E-state index contributed by atoms with van der Waals surface area (Å²) in [6, 6.07) is -1.16. The van der Waals surface area contributed by atoms with Crippen molar-refractivity contribution in [3.05, 3.63) is 35.9 Å². The molecule has 7 atom stereocenters. The number of carboxylic acids is 3. The minimum Gasteiger partial charge on any atom is -0.481 e. The molecular weight excluding hydrogens is 909 g/mol. The highest BCUT2D eigenvalue weighted by atomic mass is 32.1. The van der Waals surface area contributed by atoms with E-state index in [-0.39, 0.29) is 25.1 Å². The number of aliphatic hydroxyl groups excluding tert-OH is 1. The molecule has 1 aliphatic heterocycles. The fourth-order valence-corrected chi connectivity index (χ4v) is 6.51. The Morgan fingerprint density at radius 3 is 1.87 bits per heavy atom. The molecule has 0 bridgehead atoms. The zero-order chi connectivity index (χ0) is 50.4. The van der Waals surface area contributed by atoms with Crippen molar-refractivity contribution in [3.63, 3.8) is 0 Å². The van der Waals surface area contributed by atoms with E-state index in [4.69, 9.17) is 10.8 Å². The smallest absolute Gasteiger partial charge is 0.326 e. The third-order valence-electron chi connectivity index (χ3n) is 9.96. The first-order chi connectivity index (χ1) is 31.6. The lowest BCUT2D eigenvalue weighted by atomic mass is 10.0. The van der Waals surface area contributed by atoms with Crippen LogP contribution in [0.25, 0.3) is 0 Å². The number of aliphatic carboxylic acids is 3. The molecule has 1 heterocycles. The fraction of sp³-hybridized carbons (Fsp3) is 0.550. The van der Waals surface area contributed by atoms with Gasteiger partial charge in [0.1, 0.15) is 36.3 Å². The highest BCUT2D eigenvalue weighted by Crippen LogP contribution is 2.18. The van der Waals surface area contributed by atoms with Crippen molar-refractivity contribution in [3.8, 4) is 0 Å². The van der Waals surface area contributed by atoms with Crippen LogP contribution < -0.4 is 48.3 Å². The molecule has 1 aromatic rings.